The zero-order chi connectivity index (χ0) is 36.9. The van der Waals surface area contributed by atoms with Crippen LogP contribution in [0.3, 0.4) is 0 Å². The second-order valence-electron chi connectivity index (χ2n) is 12.5. The monoisotopic (exact) mass is 726 g/mol. The fourth-order valence-corrected chi connectivity index (χ4v) is 5.98. The highest BCUT2D eigenvalue weighted by Gasteiger charge is 2.50. The molecule has 280 valence electrons. The summed E-state index contributed by atoms with van der Waals surface area (Å²) in [7, 11) is 0. The van der Waals surface area contributed by atoms with E-state index in [0.29, 0.717) is 0 Å². The molecule has 0 bridgehead atoms. The van der Waals surface area contributed by atoms with Crippen molar-refractivity contribution in [1.82, 2.24) is 0 Å². The number of aromatic hydroxyl groups is 3. The van der Waals surface area contributed by atoms with Crippen molar-refractivity contribution >= 4 is 11.0 Å². The van der Waals surface area contributed by atoms with Crippen molar-refractivity contribution in [3.8, 4) is 34.3 Å². The van der Waals surface area contributed by atoms with Crippen LogP contribution in [0.1, 0.15) is 6.92 Å². The molecular weight excluding hydrogens is 688 g/mol. The van der Waals surface area contributed by atoms with E-state index in [1.54, 1.807) is 0 Å². The topological polar surface area (TPSA) is 308 Å². The summed E-state index contributed by atoms with van der Waals surface area (Å²) in [4.78, 5) is 13.7. The molecule has 3 fully saturated rings. The number of phenolic OH excluding ortho intramolecular Hbond substituents is 3. The average molecular weight is 727 g/mol. The number of phenols is 3. The van der Waals surface area contributed by atoms with Crippen LogP contribution in [0.25, 0.3) is 22.3 Å². The molecule has 4 heterocycles. The van der Waals surface area contributed by atoms with Gasteiger partial charge in [0.15, 0.2) is 18.3 Å². The van der Waals surface area contributed by atoms with Gasteiger partial charge in [-0.05, 0) is 31.2 Å². The summed E-state index contributed by atoms with van der Waals surface area (Å²) in [5.41, 5.74) is -1.05. The maximum Gasteiger partial charge on any atom is 0.239 e. The second kappa shape index (κ2) is 14.8. The lowest BCUT2D eigenvalue weighted by molar-refractivity contribution is -0.351. The van der Waals surface area contributed by atoms with Gasteiger partial charge < -0.3 is 89.0 Å². The smallest absolute Gasteiger partial charge is 0.239 e. The highest BCUT2D eigenvalue weighted by atomic mass is 16.7. The number of benzene rings is 2. The highest BCUT2D eigenvalue weighted by Crippen LogP contribution is 2.38. The lowest BCUT2D eigenvalue weighted by Crippen LogP contribution is -2.63. The number of rotatable bonds is 8. The number of aliphatic hydroxyl groups is 8. The van der Waals surface area contributed by atoms with Gasteiger partial charge in [0.2, 0.25) is 17.5 Å². The standard InChI is InChI=1S/C32H38O19/c1-10-19(37)28(50-30-24(42)20(38)15(36)8-45-30)26(44)31(47-10)46-9-17-21(39)23(41)25(43)32(49-17)51-29-22(40)18-14(35)6-13(34)7-16(18)48-27(29)11-2-4-12(33)5-3-11/h2-7,10,15,17,19-21,23-26,28,30-39,41-44H,8-9H2,1H3. The van der Waals surface area contributed by atoms with Crippen molar-refractivity contribution in [3.05, 3.63) is 46.6 Å². The van der Waals surface area contributed by atoms with E-state index in [2.05, 4.69) is 0 Å². The van der Waals surface area contributed by atoms with Gasteiger partial charge in [0, 0.05) is 17.7 Å². The molecule has 3 saturated heterocycles. The predicted octanol–water partition coefficient (Wildman–Crippen LogP) is -2.93. The largest absolute Gasteiger partial charge is 0.508 e. The minimum absolute atomic E-state index is 0.127. The third-order valence-electron chi connectivity index (χ3n) is 8.90. The van der Waals surface area contributed by atoms with Gasteiger partial charge in [0.25, 0.3) is 0 Å². The van der Waals surface area contributed by atoms with Crippen LogP contribution in [0.4, 0.5) is 0 Å². The molecule has 0 aliphatic carbocycles. The number of hydrogen-bond donors (Lipinski definition) is 11. The maximum atomic E-state index is 13.7. The lowest BCUT2D eigenvalue weighted by Gasteiger charge is -2.45. The first-order chi connectivity index (χ1) is 24.2. The Morgan fingerprint density at radius 2 is 1.43 bits per heavy atom. The van der Waals surface area contributed by atoms with E-state index in [1.807, 2.05) is 0 Å². The summed E-state index contributed by atoms with van der Waals surface area (Å²) in [6.07, 6.45) is -23.0. The molecule has 3 aliphatic heterocycles. The Bertz CT molecular complexity index is 1730. The van der Waals surface area contributed by atoms with Crippen LogP contribution in [-0.4, -0.2) is 155 Å². The van der Waals surface area contributed by atoms with Crippen LogP contribution >= 0.6 is 0 Å². The predicted molar refractivity (Wildman–Crippen MR) is 165 cm³/mol. The van der Waals surface area contributed by atoms with E-state index >= 15 is 0 Å². The van der Waals surface area contributed by atoms with E-state index in [-0.39, 0.29) is 22.7 Å². The molecule has 1 aromatic heterocycles. The molecule has 0 amide bonds. The van der Waals surface area contributed by atoms with Crippen molar-refractivity contribution in [2.75, 3.05) is 13.2 Å². The van der Waals surface area contributed by atoms with E-state index in [0.717, 1.165) is 12.1 Å². The number of fused-ring (bicyclic) bond motifs is 1. The lowest BCUT2D eigenvalue weighted by atomic mass is 9.98. The van der Waals surface area contributed by atoms with Crippen LogP contribution in [-0.2, 0) is 23.7 Å². The van der Waals surface area contributed by atoms with Crippen molar-refractivity contribution < 1.29 is 89.0 Å². The molecule has 0 radical (unpaired) electrons. The summed E-state index contributed by atoms with van der Waals surface area (Å²) < 4.78 is 39.3. The molecule has 3 aromatic rings. The van der Waals surface area contributed by atoms with Gasteiger partial charge in [-0.3, -0.25) is 4.79 Å². The van der Waals surface area contributed by atoms with Crippen LogP contribution in [0.5, 0.6) is 23.0 Å². The maximum absolute atomic E-state index is 13.7. The van der Waals surface area contributed by atoms with Crippen molar-refractivity contribution in [2.24, 2.45) is 0 Å². The van der Waals surface area contributed by atoms with E-state index < -0.39 is 127 Å². The molecule has 0 spiro atoms. The zero-order valence-corrected chi connectivity index (χ0v) is 26.6. The van der Waals surface area contributed by atoms with Gasteiger partial charge in [-0.1, -0.05) is 0 Å². The number of ether oxygens (including phenoxy) is 6. The van der Waals surface area contributed by atoms with Gasteiger partial charge in [-0.15, -0.1) is 0 Å². The second-order valence-corrected chi connectivity index (χ2v) is 12.5. The van der Waals surface area contributed by atoms with Crippen LogP contribution in [0.15, 0.2) is 45.6 Å². The Labute approximate surface area is 287 Å². The Balaban J connectivity index is 1.22. The third kappa shape index (κ3) is 7.22. The highest BCUT2D eigenvalue weighted by molar-refractivity contribution is 5.88. The summed E-state index contributed by atoms with van der Waals surface area (Å²) in [5, 5.41) is 114. The molecule has 51 heavy (non-hydrogen) atoms. The van der Waals surface area contributed by atoms with E-state index in [1.165, 1.54) is 31.2 Å². The summed E-state index contributed by atoms with van der Waals surface area (Å²) >= 11 is 0. The summed E-state index contributed by atoms with van der Waals surface area (Å²) in [6.45, 7) is 0.340. The van der Waals surface area contributed by atoms with Crippen LogP contribution < -0.4 is 10.2 Å². The molecule has 14 atom stereocenters. The van der Waals surface area contributed by atoms with Crippen molar-refractivity contribution in [2.45, 2.75) is 92.9 Å². The first-order valence-corrected chi connectivity index (χ1v) is 15.8. The van der Waals surface area contributed by atoms with Gasteiger partial charge in [0.05, 0.1) is 19.3 Å². The Kier molecular flexibility index (Phi) is 10.7. The van der Waals surface area contributed by atoms with Crippen molar-refractivity contribution in [1.29, 1.82) is 0 Å². The van der Waals surface area contributed by atoms with Gasteiger partial charge in [-0.2, -0.15) is 0 Å². The molecule has 14 unspecified atom stereocenters. The zero-order valence-electron chi connectivity index (χ0n) is 26.6. The minimum atomic E-state index is -1.98. The Morgan fingerprint density at radius 3 is 2.14 bits per heavy atom. The average Bonchev–Trinajstić information content (AvgIpc) is 3.09. The van der Waals surface area contributed by atoms with Crippen LogP contribution in [0, 0.1) is 0 Å². The van der Waals surface area contributed by atoms with Crippen LogP contribution in [0.2, 0.25) is 0 Å². The summed E-state index contributed by atoms with van der Waals surface area (Å²) in [5.74, 6) is -2.13. The Morgan fingerprint density at radius 1 is 0.745 bits per heavy atom. The van der Waals surface area contributed by atoms with E-state index in [4.69, 9.17) is 32.8 Å². The van der Waals surface area contributed by atoms with Crippen molar-refractivity contribution in [3.63, 3.8) is 0 Å². The van der Waals surface area contributed by atoms with Gasteiger partial charge >= 0.3 is 0 Å². The SMILES string of the molecule is CC1OC(OCC2OC(Oc3c(-c4ccc(O)cc4)oc4cc(O)cc(O)c4c3=O)C(O)C(O)C2O)C(O)C(OC2OCC(O)C(O)C2O)C1O. The molecule has 11 N–H and O–H groups in total. The Hall–Kier alpha value is -3.67. The quantitative estimate of drug-likeness (QED) is 0.111. The molecule has 19 heteroatoms. The molecular formula is C32H38O19. The fraction of sp³-hybridized carbons (Fsp3) is 0.531. The number of aliphatic hydroxyl groups excluding tert-OH is 8. The molecule has 0 saturated carbocycles. The minimum Gasteiger partial charge on any atom is -0.508 e. The normalized spacial score (nSPS) is 37.4. The first-order valence-electron chi connectivity index (χ1n) is 15.8. The molecule has 3 aliphatic rings. The number of hydrogen-bond acceptors (Lipinski definition) is 19. The summed E-state index contributed by atoms with van der Waals surface area (Å²) in [6, 6.07) is 7.23. The van der Waals surface area contributed by atoms with Gasteiger partial charge in [-0.25, -0.2) is 0 Å². The fourth-order valence-electron chi connectivity index (χ4n) is 5.98. The molecule has 2 aromatic carbocycles. The van der Waals surface area contributed by atoms with E-state index in [9.17, 15) is 61.0 Å². The third-order valence-corrected chi connectivity index (χ3v) is 8.90. The molecule has 19 nitrogen and oxygen atoms in total. The first kappa shape index (κ1) is 37.1. The van der Waals surface area contributed by atoms with Gasteiger partial charge in [0.1, 0.15) is 89.3 Å². The molecule has 6 rings (SSSR count).